The first-order valence-corrected chi connectivity index (χ1v) is 11.7. The van der Waals surface area contributed by atoms with Gasteiger partial charge in [0, 0.05) is 16.0 Å². The standard InChI is InChI=1S/C17H15F3N4O6S3/c18-5-17(19,20)33-8-4-31-14-10(13(28)24(14)11(8)15(29)30)23-12(27)6(1-2-9(25)26)7-3-32-16(21)22-7/h1,3,10,14H,2,4-5H2,(H2,21,22)(H,23,27)(H,25,26)(H,29,30)/b6-1+/t10-,14-/m1/s1. The van der Waals surface area contributed by atoms with Gasteiger partial charge in [0.25, 0.3) is 11.8 Å². The second-order valence-electron chi connectivity index (χ2n) is 6.60. The molecular formula is C17H15F3N4O6S3. The molecule has 16 heteroatoms. The predicted octanol–water partition coefficient (Wildman–Crippen LogP) is 1.57. The molecule has 1 aromatic rings. The first kappa shape index (κ1) is 24.9. The van der Waals surface area contributed by atoms with Crippen LogP contribution in [0.2, 0.25) is 0 Å². The number of aromatic nitrogens is 1. The maximum atomic E-state index is 13.5. The number of hydrogen-bond acceptors (Lipinski definition) is 9. The van der Waals surface area contributed by atoms with Crippen LogP contribution in [-0.4, -0.2) is 72.9 Å². The van der Waals surface area contributed by atoms with Crippen molar-refractivity contribution < 1.29 is 42.6 Å². The fraction of sp³-hybridized carbons (Fsp3) is 0.353. The lowest BCUT2D eigenvalue weighted by Crippen LogP contribution is -2.70. The Balaban J connectivity index is 1.82. The first-order chi connectivity index (χ1) is 15.4. The van der Waals surface area contributed by atoms with Crippen molar-refractivity contribution in [3.63, 3.8) is 0 Å². The molecule has 0 unspecified atom stereocenters. The third-order valence-corrected chi connectivity index (χ3v) is 7.50. The summed E-state index contributed by atoms with van der Waals surface area (Å²) in [7, 11) is 0. The zero-order valence-corrected chi connectivity index (χ0v) is 18.7. The van der Waals surface area contributed by atoms with E-state index in [1.807, 2.05) is 0 Å². The van der Waals surface area contributed by atoms with Crippen LogP contribution in [-0.2, 0) is 19.2 Å². The highest BCUT2D eigenvalue weighted by Crippen LogP contribution is 2.47. The van der Waals surface area contributed by atoms with Crippen molar-refractivity contribution in [1.29, 1.82) is 0 Å². The van der Waals surface area contributed by atoms with Crippen molar-refractivity contribution in [3.05, 3.63) is 27.8 Å². The van der Waals surface area contributed by atoms with Gasteiger partial charge in [-0.1, -0.05) is 17.8 Å². The molecule has 1 aromatic heterocycles. The number of amides is 2. The molecule has 0 aliphatic carbocycles. The number of alkyl halides is 3. The summed E-state index contributed by atoms with van der Waals surface area (Å²) in [5, 5.41) is 17.6. The largest absolute Gasteiger partial charge is 0.481 e. The average molecular weight is 525 g/mol. The van der Waals surface area contributed by atoms with Crippen LogP contribution in [0.5, 0.6) is 0 Å². The molecule has 5 N–H and O–H groups in total. The molecule has 0 bridgehead atoms. The number of nitrogens with one attached hydrogen (secondary N) is 1. The molecule has 0 aromatic carbocycles. The maximum Gasteiger partial charge on any atom is 0.353 e. The summed E-state index contributed by atoms with van der Waals surface area (Å²) in [6.45, 7) is -2.01. The number of nitrogen functional groups attached to an aromatic ring is 1. The van der Waals surface area contributed by atoms with Crippen molar-refractivity contribution in [3.8, 4) is 0 Å². The number of carbonyl (C=O) groups excluding carboxylic acids is 2. The Kier molecular flexibility index (Phi) is 7.28. The van der Waals surface area contributed by atoms with E-state index >= 15 is 0 Å². The number of rotatable bonds is 9. The maximum absolute atomic E-state index is 13.5. The molecule has 2 aliphatic rings. The van der Waals surface area contributed by atoms with E-state index in [1.165, 1.54) is 5.38 Å². The molecule has 10 nitrogen and oxygen atoms in total. The number of thioether (sulfide) groups is 2. The van der Waals surface area contributed by atoms with Crippen LogP contribution >= 0.6 is 34.9 Å². The van der Waals surface area contributed by atoms with Crippen molar-refractivity contribution in [2.45, 2.75) is 23.1 Å². The second-order valence-corrected chi connectivity index (χ2v) is 9.89. The zero-order valence-electron chi connectivity index (χ0n) is 16.3. The van der Waals surface area contributed by atoms with Gasteiger partial charge < -0.3 is 21.3 Å². The van der Waals surface area contributed by atoms with Gasteiger partial charge in [0.1, 0.15) is 17.1 Å². The minimum atomic E-state index is -3.86. The quantitative estimate of drug-likeness (QED) is 0.275. The fourth-order valence-corrected chi connectivity index (χ4v) is 5.90. The van der Waals surface area contributed by atoms with Gasteiger partial charge in [-0.25, -0.2) is 14.2 Å². The van der Waals surface area contributed by atoms with E-state index in [0.717, 1.165) is 34.1 Å². The third kappa shape index (κ3) is 5.27. The summed E-state index contributed by atoms with van der Waals surface area (Å²) in [6, 6.07) is -1.20. The number of anilines is 1. The number of hydrogen-bond donors (Lipinski definition) is 4. The Morgan fingerprint density at radius 3 is 2.64 bits per heavy atom. The van der Waals surface area contributed by atoms with Crippen molar-refractivity contribution in [2.75, 3.05) is 18.2 Å². The lowest BCUT2D eigenvalue weighted by atomic mass is 10.0. The SMILES string of the molecule is Nc1nc(/C(=C\CC(=O)O)C(=O)N[C@@H]2C(=O)N3C(C(=O)O)=C(SC(F)(F)CF)CS[C@H]23)cs1. The van der Waals surface area contributed by atoms with E-state index in [4.69, 9.17) is 10.8 Å². The molecule has 1 saturated heterocycles. The minimum absolute atomic E-state index is 0.0921. The molecule has 3 heterocycles. The number of nitrogens with two attached hydrogens (primary N) is 1. The van der Waals surface area contributed by atoms with E-state index in [0.29, 0.717) is 0 Å². The normalized spacial score (nSPS) is 20.9. The zero-order chi connectivity index (χ0) is 24.5. The molecule has 0 saturated carbocycles. The van der Waals surface area contributed by atoms with E-state index < -0.39 is 59.2 Å². The molecule has 178 valence electrons. The van der Waals surface area contributed by atoms with Gasteiger partial charge in [0.2, 0.25) is 0 Å². The highest BCUT2D eigenvalue weighted by Gasteiger charge is 2.55. The van der Waals surface area contributed by atoms with Gasteiger partial charge in [-0.15, -0.1) is 23.1 Å². The van der Waals surface area contributed by atoms with E-state index in [-0.39, 0.29) is 38.8 Å². The summed E-state index contributed by atoms with van der Waals surface area (Å²) < 4.78 is 39.5. The number of nitrogens with zero attached hydrogens (tertiary/aromatic N) is 2. The number of fused-ring (bicyclic) bond motifs is 1. The van der Waals surface area contributed by atoms with Crippen LogP contribution in [0.15, 0.2) is 22.1 Å². The van der Waals surface area contributed by atoms with Crippen LogP contribution in [0.3, 0.4) is 0 Å². The number of halogens is 3. The summed E-state index contributed by atoms with van der Waals surface area (Å²) in [4.78, 5) is 52.3. The number of carboxylic acids is 2. The van der Waals surface area contributed by atoms with Crippen LogP contribution in [0.25, 0.3) is 5.57 Å². The highest BCUT2D eigenvalue weighted by molar-refractivity contribution is 8.07. The number of carboxylic acid groups (broad SMARTS) is 2. The topological polar surface area (TPSA) is 163 Å². The second kappa shape index (κ2) is 9.64. The van der Waals surface area contributed by atoms with E-state index in [2.05, 4.69) is 10.3 Å². The predicted molar refractivity (Wildman–Crippen MR) is 115 cm³/mol. The lowest BCUT2D eigenvalue weighted by molar-refractivity contribution is -0.150. The van der Waals surface area contributed by atoms with Crippen LogP contribution in [0.4, 0.5) is 18.3 Å². The molecular weight excluding hydrogens is 509 g/mol. The van der Waals surface area contributed by atoms with Crippen molar-refractivity contribution in [2.24, 2.45) is 0 Å². The number of thiazole rings is 1. The smallest absolute Gasteiger partial charge is 0.353 e. The van der Waals surface area contributed by atoms with Gasteiger partial charge >= 0.3 is 17.2 Å². The Labute approximate surface area is 196 Å². The number of β-lactam (4-membered cyclic amide) rings is 1. The van der Waals surface area contributed by atoms with Gasteiger partial charge in [0.15, 0.2) is 11.8 Å². The number of carbonyl (C=O) groups is 4. The summed E-state index contributed by atoms with van der Waals surface area (Å²) >= 11 is 1.67. The Morgan fingerprint density at radius 1 is 1.39 bits per heavy atom. The van der Waals surface area contributed by atoms with Crippen LogP contribution < -0.4 is 11.1 Å². The monoisotopic (exact) mass is 524 g/mol. The molecule has 33 heavy (non-hydrogen) atoms. The molecule has 1 fully saturated rings. The Morgan fingerprint density at radius 2 is 2.09 bits per heavy atom. The molecule has 0 radical (unpaired) electrons. The fourth-order valence-electron chi connectivity index (χ4n) is 3.01. The number of aliphatic carboxylic acids is 2. The summed E-state index contributed by atoms with van der Waals surface area (Å²) in [6.07, 6.45) is 0.579. The van der Waals surface area contributed by atoms with Gasteiger partial charge in [-0.2, -0.15) is 8.78 Å². The molecule has 0 spiro atoms. The lowest BCUT2D eigenvalue weighted by Gasteiger charge is -2.49. The minimum Gasteiger partial charge on any atom is -0.481 e. The highest BCUT2D eigenvalue weighted by atomic mass is 32.2. The van der Waals surface area contributed by atoms with Crippen LogP contribution in [0, 0.1) is 0 Å². The summed E-state index contributed by atoms with van der Waals surface area (Å²) in [5.41, 5.74) is 4.81. The molecule has 3 rings (SSSR count). The summed E-state index contributed by atoms with van der Waals surface area (Å²) in [5.74, 6) is -4.81. The molecule has 2 atom stereocenters. The average Bonchev–Trinajstić information content (AvgIpc) is 3.17. The Bertz CT molecular complexity index is 1080. The van der Waals surface area contributed by atoms with Gasteiger partial charge in [0.05, 0.1) is 17.7 Å². The van der Waals surface area contributed by atoms with Gasteiger partial charge in [-0.3, -0.25) is 19.3 Å². The molecule has 2 amide bonds. The first-order valence-electron chi connectivity index (χ1n) is 8.93. The third-order valence-electron chi connectivity index (χ3n) is 4.37. The molecule has 2 aliphatic heterocycles. The van der Waals surface area contributed by atoms with Crippen molar-refractivity contribution >= 4 is 69.3 Å². The van der Waals surface area contributed by atoms with Crippen molar-refractivity contribution in [1.82, 2.24) is 15.2 Å². The van der Waals surface area contributed by atoms with Crippen LogP contribution in [0.1, 0.15) is 12.1 Å². The van der Waals surface area contributed by atoms with E-state index in [1.54, 1.807) is 0 Å². The van der Waals surface area contributed by atoms with Gasteiger partial charge in [-0.05, 0) is 0 Å². The Hall–Kier alpha value is -2.72. The van der Waals surface area contributed by atoms with E-state index in [9.17, 15) is 37.5 Å².